The van der Waals surface area contributed by atoms with Gasteiger partial charge in [-0.25, -0.2) is 0 Å². The van der Waals surface area contributed by atoms with Crippen molar-refractivity contribution in [2.24, 2.45) is 7.05 Å². The van der Waals surface area contributed by atoms with Gasteiger partial charge >= 0.3 is 0 Å². The molecule has 1 unspecified atom stereocenters. The number of hydrogen-bond acceptors (Lipinski definition) is 5. The fraction of sp³-hybridized carbons (Fsp3) is 0.500. The van der Waals surface area contributed by atoms with Crippen molar-refractivity contribution >= 4 is 23.5 Å². The molecular formula is C16H22N4O2S. The van der Waals surface area contributed by atoms with Gasteiger partial charge in [0.1, 0.15) is 17.3 Å². The van der Waals surface area contributed by atoms with Gasteiger partial charge in [0.05, 0.1) is 18.3 Å². The van der Waals surface area contributed by atoms with Crippen LogP contribution in [-0.2, 0) is 11.8 Å². The van der Waals surface area contributed by atoms with E-state index in [1.807, 2.05) is 50.9 Å². The van der Waals surface area contributed by atoms with Gasteiger partial charge in [0.25, 0.3) is 0 Å². The molecule has 0 radical (unpaired) electrons. The lowest BCUT2D eigenvalue weighted by molar-refractivity contribution is -0.117. The first kappa shape index (κ1) is 16.1. The Balaban J connectivity index is 1.67. The van der Waals surface area contributed by atoms with Crippen LogP contribution in [0.15, 0.2) is 22.6 Å². The first-order chi connectivity index (χ1) is 11.0. The normalized spacial score (nSPS) is 19.0. The number of nitrogens with zero attached hydrogens (tertiary/aromatic N) is 3. The molecule has 1 fully saturated rings. The van der Waals surface area contributed by atoms with Gasteiger partial charge in [-0.2, -0.15) is 16.9 Å². The Morgan fingerprint density at radius 1 is 1.48 bits per heavy atom. The number of furan rings is 1. The molecule has 2 aromatic heterocycles. The van der Waals surface area contributed by atoms with Gasteiger partial charge in [-0.15, -0.1) is 0 Å². The van der Waals surface area contributed by atoms with Crippen LogP contribution in [0.5, 0.6) is 0 Å². The fourth-order valence-corrected chi connectivity index (χ4v) is 3.94. The molecule has 1 amide bonds. The first-order valence-corrected chi connectivity index (χ1v) is 8.87. The van der Waals surface area contributed by atoms with Gasteiger partial charge in [-0.05, 0) is 26.0 Å². The monoisotopic (exact) mass is 334 g/mol. The molecule has 0 aromatic carbocycles. The molecule has 2 aromatic rings. The number of aromatic nitrogens is 2. The molecule has 0 spiro atoms. The summed E-state index contributed by atoms with van der Waals surface area (Å²) in [6.45, 7) is 5.09. The minimum absolute atomic E-state index is 0.0202. The molecule has 1 saturated heterocycles. The SMILES string of the molecule is Cc1cc(NC(=O)CN2CCSCC2c2ccc(C)o2)n(C)n1. The van der Waals surface area contributed by atoms with Gasteiger partial charge in [-0.3, -0.25) is 14.4 Å². The van der Waals surface area contributed by atoms with Crippen molar-refractivity contribution in [3.63, 3.8) is 0 Å². The summed E-state index contributed by atoms with van der Waals surface area (Å²) in [4.78, 5) is 14.6. The number of amides is 1. The van der Waals surface area contributed by atoms with Crippen molar-refractivity contribution in [2.75, 3.05) is 29.9 Å². The maximum atomic E-state index is 12.4. The molecule has 6 nitrogen and oxygen atoms in total. The molecule has 0 bridgehead atoms. The predicted molar refractivity (Wildman–Crippen MR) is 91.7 cm³/mol. The van der Waals surface area contributed by atoms with Gasteiger partial charge in [-0.1, -0.05) is 0 Å². The number of carbonyl (C=O) groups is 1. The second-order valence-corrected chi connectivity index (χ2v) is 7.00. The van der Waals surface area contributed by atoms with Crippen molar-refractivity contribution in [2.45, 2.75) is 19.9 Å². The Hall–Kier alpha value is -1.73. The summed E-state index contributed by atoms with van der Waals surface area (Å²) in [7, 11) is 1.83. The molecule has 1 atom stereocenters. The fourth-order valence-electron chi connectivity index (χ4n) is 2.82. The molecular weight excluding hydrogens is 312 g/mol. The second-order valence-electron chi connectivity index (χ2n) is 5.85. The average Bonchev–Trinajstić information content (AvgIpc) is 3.05. The summed E-state index contributed by atoms with van der Waals surface area (Å²) in [6.07, 6.45) is 0. The van der Waals surface area contributed by atoms with Crippen LogP contribution >= 0.6 is 11.8 Å². The van der Waals surface area contributed by atoms with Crippen molar-refractivity contribution in [3.8, 4) is 0 Å². The zero-order chi connectivity index (χ0) is 16.4. The Morgan fingerprint density at radius 3 is 2.96 bits per heavy atom. The van der Waals surface area contributed by atoms with Crippen LogP contribution < -0.4 is 5.32 Å². The maximum absolute atomic E-state index is 12.4. The molecule has 3 rings (SSSR count). The van der Waals surface area contributed by atoms with Crippen LogP contribution in [0.2, 0.25) is 0 Å². The third kappa shape index (κ3) is 3.79. The number of aryl methyl sites for hydroxylation is 3. The van der Waals surface area contributed by atoms with E-state index in [9.17, 15) is 4.79 Å². The molecule has 1 aliphatic heterocycles. The van der Waals surface area contributed by atoms with Gasteiger partial charge < -0.3 is 9.73 Å². The highest BCUT2D eigenvalue weighted by Crippen LogP contribution is 2.30. The summed E-state index contributed by atoms with van der Waals surface area (Å²) < 4.78 is 7.46. The van der Waals surface area contributed by atoms with E-state index in [1.165, 1.54) is 0 Å². The van der Waals surface area contributed by atoms with Crippen molar-refractivity contribution in [1.82, 2.24) is 14.7 Å². The summed E-state index contributed by atoms with van der Waals surface area (Å²) in [5.41, 5.74) is 0.890. The molecule has 3 heterocycles. The summed E-state index contributed by atoms with van der Waals surface area (Å²) in [5, 5.41) is 7.18. The van der Waals surface area contributed by atoms with Crippen molar-refractivity contribution in [1.29, 1.82) is 0 Å². The molecule has 0 aliphatic carbocycles. The number of rotatable bonds is 4. The highest BCUT2D eigenvalue weighted by atomic mass is 32.2. The molecule has 1 aliphatic rings. The summed E-state index contributed by atoms with van der Waals surface area (Å²) >= 11 is 1.90. The van der Waals surface area contributed by atoms with E-state index < -0.39 is 0 Å². The topological polar surface area (TPSA) is 63.3 Å². The second kappa shape index (κ2) is 6.80. The minimum Gasteiger partial charge on any atom is -0.465 e. The van der Waals surface area contributed by atoms with Gasteiger partial charge in [0.15, 0.2) is 0 Å². The van der Waals surface area contributed by atoms with E-state index >= 15 is 0 Å². The third-order valence-electron chi connectivity index (χ3n) is 3.95. The van der Waals surface area contributed by atoms with E-state index in [0.717, 1.165) is 41.1 Å². The van der Waals surface area contributed by atoms with E-state index in [-0.39, 0.29) is 11.9 Å². The lowest BCUT2D eigenvalue weighted by Crippen LogP contribution is -2.41. The van der Waals surface area contributed by atoms with Gasteiger partial charge in [0.2, 0.25) is 5.91 Å². The van der Waals surface area contributed by atoms with Crippen LogP contribution in [0.1, 0.15) is 23.3 Å². The van der Waals surface area contributed by atoms with Crippen LogP contribution in [0.4, 0.5) is 5.82 Å². The number of carbonyl (C=O) groups excluding carboxylic acids is 1. The molecule has 7 heteroatoms. The molecule has 124 valence electrons. The highest BCUT2D eigenvalue weighted by Gasteiger charge is 2.28. The molecule has 1 N–H and O–H groups in total. The van der Waals surface area contributed by atoms with Crippen LogP contribution in [-0.4, -0.2) is 45.2 Å². The van der Waals surface area contributed by atoms with Crippen molar-refractivity contribution < 1.29 is 9.21 Å². The number of hydrogen-bond donors (Lipinski definition) is 1. The van der Waals surface area contributed by atoms with E-state index in [2.05, 4.69) is 15.3 Å². The van der Waals surface area contributed by atoms with E-state index in [0.29, 0.717) is 6.54 Å². The van der Waals surface area contributed by atoms with Crippen molar-refractivity contribution in [3.05, 3.63) is 35.4 Å². The zero-order valence-corrected chi connectivity index (χ0v) is 14.5. The Bertz CT molecular complexity index is 694. The highest BCUT2D eigenvalue weighted by molar-refractivity contribution is 7.99. The van der Waals surface area contributed by atoms with Gasteiger partial charge in [0, 0.05) is 31.2 Å². The number of nitrogens with one attached hydrogen (secondary N) is 1. The summed E-state index contributed by atoms with van der Waals surface area (Å²) in [6, 6.07) is 6.02. The quantitative estimate of drug-likeness (QED) is 0.930. The first-order valence-electron chi connectivity index (χ1n) is 7.71. The van der Waals surface area contributed by atoms with Crippen LogP contribution in [0, 0.1) is 13.8 Å². The smallest absolute Gasteiger partial charge is 0.239 e. The van der Waals surface area contributed by atoms with E-state index in [1.54, 1.807) is 4.68 Å². The number of anilines is 1. The minimum atomic E-state index is -0.0202. The molecule has 23 heavy (non-hydrogen) atoms. The van der Waals surface area contributed by atoms with E-state index in [4.69, 9.17) is 4.42 Å². The largest absolute Gasteiger partial charge is 0.465 e. The summed E-state index contributed by atoms with van der Waals surface area (Å²) in [5.74, 6) is 4.54. The van der Waals surface area contributed by atoms with Crippen LogP contribution in [0.3, 0.4) is 0 Å². The average molecular weight is 334 g/mol. The Labute approximate surface area is 140 Å². The standard InChI is InChI=1S/C16H22N4O2S/c1-11-8-15(19(3)18-11)17-16(21)9-20-6-7-23-10-13(20)14-5-4-12(2)22-14/h4-5,8,13H,6-7,9-10H2,1-3H3,(H,17,21). The predicted octanol–water partition coefficient (Wildman–Crippen LogP) is 2.36. The lowest BCUT2D eigenvalue weighted by atomic mass is 10.2. The third-order valence-corrected chi connectivity index (χ3v) is 4.97. The Morgan fingerprint density at radius 2 is 2.30 bits per heavy atom. The maximum Gasteiger partial charge on any atom is 0.239 e. The Kier molecular flexibility index (Phi) is 4.77. The lowest BCUT2D eigenvalue weighted by Gasteiger charge is -2.33. The zero-order valence-electron chi connectivity index (χ0n) is 13.7. The number of thioether (sulfide) groups is 1. The molecule has 0 saturated carbocycles. The van der Waals surface area contributed by atoms with Crippen LogP contribution in [0.25, 0.3) is 0 Å².